The van der Waals surface area contributed by atoms with Crippen LogP contribution in [0.3, 0.4) is 0 Å². The van der Waals surface area contributed by atoms with Crippen LogP contribution in [0, 0.1) is 13.8 Å². The fourth-order valence-electron chi connectivity index (χ4n) is 1.97. The first-order valence-corrected chi connectivity index (χ1v) is 7.16. The fraction of sp³-hybridized carbons (Fsp3) is 0.125. The molecule has 0 atom stereocenters. The number of nitrogens with two attached hydrogens (primary N) is 1. The average molecular weight is 347 g/mol. The summed E-state index contributed by atoms with van der Waals surface area (Å²) in [5.74, 6) is -0.696. The number of halogens is 1. The second-order valence-electron chi connectivity index (χ2n) is 4.78. The van der Waals surface area contributed by atoms with Crippen molar-refractivity contribution in [2.45, 2.75) is 13.8 Å². The molecule has 0 saturated carbocycles. The van der Waals surface area contributed by atoms with Crippen LogP contribution >= 0.6 is 15.9 Å². The number of amides is 2. The number of hydrogen-bond donors (Lipinski definition) is 2. The van der Waals surface area contributed by atoms with E-state index in [1.54, 1.807) is 24.3 Å². The normalized spacial score (nSPS) is 10.2. The molecule has 21 heavy (non-hydrogen) atoms. The van der Waals surface area contributed by atoms with E-state index in [1.165, 1.54) is 0 Å². The van der Waals surface area contributed by atoms with Crippen LogP contribution in [-0.4, -0.2) is 11.8 Å². The Kier molecular flexibility index (Phi) is 4.43. The minimum absolute atomic E-state index is 0.208. The van der Waals surface area contributed by atoms with Crippen molar-refractivity contribution in [2.24, 2.45) is 5.73 Å². The molecule has 0 heterocycles. The van der Waals surface area contributed by atoms with Crippen LogP contribution in [0.1, 0.15) is 31.8 Å². The molecule has 0 aliphatic carbocycles. The van der Waals surface area contributed by atoms with Gasteiger partial charge in [-0.15, -0.1) is 0 Å². The monoisotopic (exact) mass is 346 g/mol. The van der Waals surface area contributed by atoms with Crippen molar-refractivity contribution in [3.05, 3.63) is 63.1 Å². The largest absolute Gasteiger partial charge is 0.366 e. The number of anilines is 1. The molecule has 2 rings (SSSR count). The predicted molar refractivity (Wildman–Crippen MR) is 86.5 cm³/mol. The minimum Gasteiger partial charge on any atom is -0.366 e. The van der Waals surface area contributed by atoms with Crippen LogP contribution in [0.5, 0.6) is 0 Å². The van der Waals surface area contributed by atoms with Crippen LogP contribution in [0.25, 0.3) is 0 Å². The van der Waals surface area contributed by atoms with E-state index in [4.69, 9.17) is 5.73 Å². The molecular formula is C16H15BrN2O2. The summed E-state index contributed by atoms with van der Waals surface area (Å²) < 4.78 is 0.772. The van der Waals surface area contributed by atoms with Gasteiger partial charge < -0.3 is 11.1 Å². The third kappa shape index (κ3) is 3.31. The zero-order valence-corrected chi connectivity index (χ0v) is 13.3. The third-order valence-corrected chi connectivity index (χ3v) is 4.25. The Morgan fingerprint density at radius 3 is 2.43 bits per heavy atom. The molecule has 0 spiro atoms. The number of carbonyl (C=O) groups excluding carboxylic acids is 2. The van der Waals surface area contributed by atoms with E-state index in [0.29, 0.717) is 16.8 Å². The van der Waals surface area contributed by atoms with Crippen molar-refractivity contribution in [2.75, 3.05) is 5.32 Å². The SMILES string of the molecule is Cc1cc(C(N)=O)ccc1NC(=O)c1cccc(C)c1Br. The van der Waals surface area contributed by atoms with Crippen LogP contribution in [0.2, 0.25) is 0 Å². The van der Waals surface area contributed by atoms with Gasteiger partial charge in [0.1, 0.15) is 0 Å². The van der Waals surface area contributed by atoms with Crippen molar-refractivity contribution in [3.63, 3.8) is 0 Å². The molecule has 0 bridgehead atoms. The zero-order valence-electron chi connectivity index (χ0n) is 11.7. The Balaban J connectivity index is 2.28. The standard InChI is InChI=1S/C16H15BrN2O2/c1-9-4-3-5-12(14(9)17)16(21)19-13-7-6-11(15(18)20)8-10(13)2/h3-8H,1-2H3,(H2,18,20)(H,19,21). The topological polar surface area (TPSA) is 72.2 Å². The minimum atomic E-state index is -0.489. The molecule has 2 aromatic rings. The van der Waals surface area contributed by atoms with E-state index in [0.717, 1.165) is 15.6 Å². The van der Waals surface area contributed by atoms with Gasteiger partial charge in [0.2, 0.25) is 5.91 Å². The first-order valence-electron chi connectivity index (χ1n) is 6.37. The number of primary amides is 1. The summed E-state index contributed by atoms with van der Waals surface area (Å²) in [5, 5.41) is 2.84. The summed E-state index contributed by atoms with van der Waals surface area (Å²) in [6.07, 6.45) is 0. The van der Waals surface area contributed by atoms with Gasteiger partial charge in [0.25, 0.3) is 5.91 Å². The van der Waals surface area contributed by atoms with Crippen LogP contribution in [0.4, 0.5) is 5.69 Å². The Bertz CT molecular complexity index is 726. The summed E-state index contributed by atoms with van der Waals surface area (Å²) in [5.41, 5.74) is 8.63. The van der Waals surface area contributed by atoms with Gasteiger partial charge >= 0.3 is 0 Å². The van der Waals surface area contributed by atoms with Gasteiger partial charge in [0, 0.05) is 15.7 Å². The molecule has 0 aliphatic rings. The van der Waals surface area contributed by atoms with Gasteiger partial charge in [0.15, 0.2) is 0 Å². The molecule has 3 N–H and O–H groups in total. The average Bonchev–Trinajstić information content (AvgIpc) is 2.43. The number of benzene rings is 2. The molecule has 0 aliphatic heterocycles. The van der Waals surface area contributed by atoms with Gasteiger partial charge in [0.05, 0.1) is 5.56 Å². The Hall–Kier alpha value is -2.14. The first kappa shape index (κ1) is 15.3. The molecule has 0 unspecified atom stereocenters. The maximum absolute atomic E-state index is 12.3. The summed E-state index contributed by atoms with van der Waals surface area (Å²) >= 11 is 3.42. The van der Waals surface area contributed by atoms with Crippen molar-refractivity contribution >= 4 is 33.4 Å². The van der Waals surface area contributed by atoms with Crippen LogP contribution in [-0.2, 0) is 0 Å². The predicted octanol–water partition coefficient (Wildman–Crippen LogP) is 3.42. The first-order chi connectivity index (χ1) is 9.90. The lowest BCUT2D eigenvalue weighted by Gasteiger charge is -2.11. The Labute approximate surface area is 131 Å². The summed E-state index contributed by atoms with van der Waals surface area (Å²) in [6, 6.07) is 10.4. The lowest BCUT2D eigenvalue weighted by Crippen LogP contribution is -2.15. The Morgan fingerprint density at radius 1 is 1.10 bits per heavy atom. The molecule has 5 heteroatoms. The molecule has 108 valence electrons. The number of rotatable bonds is 3. The van der Waals surface area contributed by atoms with Crippen molar-refractivity contribution in [1.82, 2.24) is 0 Å². The number of nitrogens with one attached hydrogen (secondary N) is 1. The van der Waals surface area contributed by atoms with E-state index in [-0.39, 0.29) is 5.91 Å². The molecule has 0 radical (unpaired) electrons. The van der Waals surface area contributed by atoms with E-state index >= 15 is 0 Å². The number of aryl methyl sites for hydroxylation is 2. The highest BCUT2D eigenvalue weighted by molar-refractivity contribution is 9.10. The third-order valence-electron chi connectivity index (χ3n) is 3.20. The summed E-state index contributed by atoms with van der Waals surface area (Å²) in [7, 11) is 0. The zero-order chi connectivity index (χ0) is 15.6. The molecule has 2 amide bonds. The highest BCUT2D eigenvalue weighted by Gasteiger charge is 2.13. The van der Waals surface area contributed by atoms with Crippen LogP contribution in [0.15, 0.2) is 40.9 Å². The quantitative estimate of drug-likeness (QED) is 0.893. The van der Waals surface area contributed by atoms with E-state index < -0.39 is 5.91 Å². The molecule has 0 saturated heterocycles. The second-order valence-corrected chi connectivity index (χ2v) is 5.58. The smallest absolute Gasteiger partial charge is 0.256 e. The van der Waals surface area contributed by atoms with Crippen LogP contribution < -0.4 is 11.1 Å². The van der Waals surface area contributed by atoms with Crippen molar-refractivity contribution in [3.8, 4) is 0 Å². The van der Waals surface area contributed by atoms with Crippen molar-refractivity contribution < 1.29 is 9.59 Å². The number of hydrogen-bond acceptors (Lipinski definition) is 2. The van der Waals surface area contributed by atoms with Gasteiger partial charge in [-0.05, 0) is 65.2 Å². The summed E-state index contributed by atoms with van der Waals surface area (Å²) in [4.78, 5) is 23.4. The van der Waals surface area contributed by atoms with Gasteiger partial charge in [-0.3, -0.25) is 9.59 Å². The Morgan fingerprint density at radius 2 is 1.81 bits per heavy atom. The second kappa shape index (κ2) is 6.10. The van der Waals surface area contributed by atoms with Gasteiger partial charge in [-0.2, -0.15) is 0 Å². The molecule has 2 aromatic carbocycles. The summed E-state index contributed by atoms with van der Waals surface area (Å²) in [6.45, 7) is 3.74. The highest BCUT2D eigenvalue weighted by atomic mass is 79.9. The maximum atomic E-state index is 12.3. The molecule has 0 fully saturated rings. The maximum Gasteiger partial charge on any atom is 0.256 e. The van der Waals surface area contributed by atoms with E-state index in [9.17, 15) is 9.59 Å². The fourth-order valence-corrected chi connectivity index (χ4v) is 2.41. The van der Waals surface area contributed by atoms with E-state index in [1.807, 2.05) is 26.0 Å². The number of carbonyl (C=O) groups is 2. The highest BCUT2D eigenvalue weighted by Crippen LogP contribution is 2.23. The van der Waals surface area contributed by atoms with Crippen molar-refractivity contribution in [1.29, 1.82) is 0 Å². The van der Waals surface area contributed by atoms with E-state index in [2.05, 4.69) is 21.2 Å². The van der Waals surface area contributed by atoms with Gasteiger partial charge in [-0.25, -0.2) is 0 Å². The molecular weight excluding hydrogens is 332 g/mol. The lowest BCUT2D eigenvalue weighted by atomic mass is 10.1. The molecule has 0 aromatic heterocycles. The lowest BCUT2D eigenvalue weighted by molar-refractivity contribution is 0.0998. The molecule has 4 nitrogen and oxygen atoms in total. The van der Waals surface area contributed by atoms with Gasteiger partial charge in [-0.1, -0.05) is 12.1 Å².